The number of nitrogens with one attached hydrogen (secondary N) is 1. The summed E-state index contributed by atoms with van der Waals surface area (Å²) >= 11 is 0. The van der Waals surface area contributed by atoms with Crippen LogP contribution in [0.4, 0.5) is 11.4 Å². The maximum absolute atomic E-state index is 9.40. The molecule has 4 heteroatoms. The normalized spacial score (nSPS) is 15.0. The smallest absolute Gasteiger partial charge is 0.119 e. The van der Waals surface area contributed by atoms with E-state index in [-0.39, 0.29) is 6.61 Å². The Bertz CT molecular complexity index is 887. The molecule has 0 unspecified atom stereocenters. The lowest BCUT2D eigenvalue weighted by atomic mass is 9.90. The fourth-order valence-corrected chi connectivity index (χ4v) is 3.76. The van der Waals surface area contributed by atoms with E-state index >= 15 is 0 Å². The van der Waals surface area contributed by atoms with E-state index in [9.17, 15) is 5.11 Å². The van der Waals surface area contributed by atoms with Gasteiger partial charge in [-0.05, 0) is 66.8 Å². The number of aromatic nitrogens is 1. The number of anilines is 2. The van der Waals surface area contributed by atoms with Gasteiger partial charge in [0.15, 0.2) is 0 Å². The third kappa shape index (κ3) is 4.40. The number of fused-ring (bicyclic) bond motifs is 1. The third-order valence-electron chi connectivity index (χ3n) is 5.33. The topological polar surface area (TPSA) is 54.4 Å². The molecule has 3 aromatic rings. The van der Waals surface area contributed by atoms with Crippen molar-refractivity contribution in [1.29, 1.82) is 0 Å². The molecule has 1 aromatic heterocycles. The van der Waals surface area contributed by atoms with Crippen LogP contribution in [0.5, 0.6) is 5.75 Å². The van der Waals surface area contributed by atoms with Gasteiger partial charge < -0.3 is 15.2 Å². The Kier molecular flexibility index (Phi) is 5.54. The van der Waals surface area contributed by atoms with Crippen LogP contribution in [0.15, 0.2) is 54.7 Å². The Morgan fingerprint density at radius 2 is 1.81 bits per heavy atom. The molecule has 0 bridgehead atoms. The van der Waals surface area contributed by atoms with E-state index in [4.69, 9.17) is 4.74 Å². The molecule has 1 fully saturated rings. The summed E-state index contributed by atoms with van der Waals surface area (Å²) in [5.74, 6) is 1.63. The average molecular weight is 362 g/mol. The number of aliphatic hydroxyl groups excluding tert-OH is 1. The summed E-state index contributed by atoms with van der Waals surface area (Å²) in [4.78, 5) is 4.40. The highest BCUT2D eigenvalue weighted by atomic mass is 16.5. The van der Waals surface area contributed by atoms with E-state index in [1.165, 1.54) is 32.1 Å². The standard InChI is InChI=1S/C23H26N2O2/c26-15-18-6-11-22-21(14-18)23(12-13-24-22)25-19-7-9-20(10-8-19)27-16-17-4-2-1-3-5-17/h6-14,17,26H,1-5,15-16H2,(H,24,25). The quantitative estimate of drug-likeness (QED) is 0.614. The minimum absolute atomic E-state index is 0.0251. The van der Waals surface area contributed by atoms with E-state index in [0.717, 1.165) is 40.2 Å². The fraction of sp³-hybridized carbons (Fsp3) is 0.348. The van der Waals surface area contributed by atoms with Gasteiger partial charge in [0.25, 0.3) is 0 Å². The van der Waals surface area contributed by atoms with Crippen LogP contribution in [-0.2, 0) is 6.61 Å². The Hall–Kier alpha value is -2.59. The Labute approximate surface area is 160 Å². The molecule has 0 amide bonds. The van der Waals surface area contributed by atoms with E-state index in [1.54, 1.807) is 6.20 Å². The van der Waals surface area contributed by atoms with Crippen LogP contribution >= 0.6 is 0 Å². The van der Waals surface area contributed by atoms with Crippen molar-refractivity contribution < 1.29 is 9.84 Å². The monoisotopic (exact) mass is 362 g/mol. The van der Waals surface area contributed by atoms with Crippen molar-refractivity contribution in [3.8, 4) is 5.75 Å². The molecule has 4 rings (SSSR count). The summed E-state index contributed by atoms with van der Waals surface area (Å²) < 4.78 is 5.99. The zero-order chi connectivity index (χ0) is 18.5. The van der Waals surface area contributed by atoms with E-state index in [0.29, 0.717) is 5.92 Å². The van der Waals surface area contributed by atoms with Crippen molar-refractivity contribution in [2.75, 3.05) is 11.9 Å². The lowest BCUT2D eigenvalue weighted by Gasteiger charge is -2.21. The van der Waals surface area contributed by atoms with Gasteiger partial charge >= 0.3 is 0 Å². The van der Waals surface area contributed by atoms with Gasteiger partial charge in [0, 0.05) is 23.0 Å². The van der Waals surface area contributed by atoms with Crippen LogP contribution < -0.4 is 10.1 Å². The molecule has 0 atom stereocenters. The Balaban J connectivity index is 1.44. The fourth-order valence-electron chi connectivity index (χ4n) is 3.76. The largest absolute Gasteiger partial charge is 0.493 e. The van der Waals surface area contributed by atoms with E-state index in [2.05, 4.69) is 10.3 Å². The maximum Gasteiger partial charge on any atom is 0.119 e. The van der Waals surface area contributed by atoms with Gasteiger partial charge in [0.2, 0.25) is 0 Å². The number of rotatable bonds is 6. The van der Waals surface area contributed by atoms with Gasteiger partial charge in [0.1, 0.15) is 5.75 Å². The van der Waals surface area contributed by atoms with Crippen molar-refractivity contribution in [3.05, 3.63) is 60.3 Å². The molecule has 1 heterocycles. The summed E-state index contributed by atoms with van der Waals surface area (Å²) in [6.07, 6.45) is 8.45. The van der Waals surface area contributed by atoms with Crippen LogP contribution in [0, 0.1) is 5.92 Å². The van der Waals surface area contributed by atoms with Crippen LogP contribution in [0.2, 0.25) is 0 Å². The van der Waals surface area contributed by atoms with Crippen molar-refractivity contribution in [3.63, 3.8) is 0 Å². The highest BCUT2D eigenvalue weighted by Gasteiger charge is 2.13. The second-order valence-electron chi connectivity index (χ2n) is 7.33. The van der Waals surface area contributed by atoms with Crippen LogP contribution in [-0.4, -0.2) is 16.7 Å². The van der Waals surface area contributed by atoms with Crippen molar-refractivity contribution in [2.24, 2.45) is 5.92 Å². The zero-order valence-electron chi connectivity index (χ0n) is 15.5. The number of pyridine rings is 1. The second-order valence-corrected chi connectivity index (χ2v) is 7.33. The predicted molar refractivity (Wildman–Crippen MR) is 109 cm³/mol. The number of hydrogen-bond donors (Lipinski definition) is 2. The van der Waals surface area contributed by atoms with Gasteiger partial charge in [-0.25, -0.2) is 0 Å². The van der Waals surface area contributed by atoms with Crippen molar-refractivity contribution in [2.45, 2.75) is 38.7 Å². The highest BCUT2D eigenvalue weighted by molar-refractivity contribution is 5.93. The van der Waals surface area contributed by atoms with Gasteiger partial charge in [-0.3, -0.25) is 4.98 Å². The van der Waals surface area contributed by atoms with E-state index in [1.807, 2.05) is 48.5 Å². The number of hydrogen-bond acceptors (Lipinski definition) is 4. The first kappa shape index (κ1) is 17.8. The SMILES string of the molecule is OCc1ccc2nccc(Nc3ccc(OCC4CCCCC4)cc3)c2c1. The minimum atomic E-state index is 0.0251. The number of ether oxygens (including phenoxy) is 1. The molecule has 0 saturated heterocycles. The van der Waals surface area contributed by atoms with Crippen LogP contribution in [0.1, 0.15) is 37.7 Å². The summed E-state index contributed by atoms with van der Waals surface area (Å²) in [7, 11) is 0. The van der Waals surface area contributed by atoms with Gasteiger partial charge in [-0.2, -0.15) is 0 Å². The molecular weight excluding hydrogens is 336 g/mol. The first-order valence-electron chi connectivity index (χ1n) is 9.80. The number of benzene rings is 2. The molecule has 140 valence electrons. The molecule has 0 aliphatic heterocycles. The minimum Gasteiger partial charge on any atom is -0.493 e. The Morgan fingerprint density at radius 1 is 1.00 bits per heavy atom. The maximum atomic E-state index is 9.40. The summed E-state index contributed by atoms with van der Waals surface area (Å²) in [5.41, 5.74) is 3.77. The van der Waals surface area contributed by atoms with Gasteiger partial charge in [-0.15, -0.1) is 0 Å². The first-order chi connectivity index (χ1) is 13.3. The highest BCUT2D eigenvalue weighted by Crippen LogP contribution is 2.28. The van der Waals surface area contributed by atoms with Gasteiger partial charge in [0.05, 0.1) is 18.7 Å². The second kappa shape index (κ2) is 8.40. The van der Waals surface area contributed by atoms with Gasteiger partial charge in [-0.1, -0.05) is 25.3 Å². The molecule has 27 heavy (non-hydrogen) atoms. The summed E-state index contributed by atoms with van der Waals surface area (Å²) in [6, 6.07) is 15.9. The molecule has 1 aliphatic rings. The number of nitrogens with zero attached hydrogens (tertiary/aromatic N) is 1. The van der Waals surface area contributed by atoms with Crippen molar-refractivity contribution >= 4 is 22.3 Å². The van der Waals surface area contributed by atoms with Crippen LogP contribution in [0.25, 0.3) is 10.9 Å². The lowest BCUT2D eigenvalue weighted by Crippen LogP contribution is -2.15. The molecule has 0 spiro atoms. The molecule has 0 radical (unpaired) electrons. The summed E-state index contributed by atoms with van der Waals surface area (Å²) in [6.45, 7) is 0.850. The first-order valence-corrected chi connectivity index (χ1v) is 9.80. The molecule has 4 nitrogen and oxygen atoms in total. The molecule has 2 aromatic carbocycles. The molecule has 2 N–H and O–H groups in total. The van der Waals surface area contributed by atoms with E-state index < -0.39 is 0 Å². The number of aliphatic hydroxyl groups is 1. The zero-order valence-corrected chi connectivity index (χ0v) is 15.5. The van der Waals surface area contributed by atoms with Crippen molar-refractivity contribution in [1.82, 2.24) is 4.98 Å². The molecule has 1 aliphatic carbocycles. The predicted octanol–water partition coefficient (Wildman–Crippen LogP) is 5.43. The third-order valence-corrected chi connectivity index (χ3v) is 5.33. The lowest BCUT2D eigenvalue weighted by molar-refractivity contribution is 0.209. The summed E-state index contributed by atoms with van der Waals surface area (Å²) in [5, 5.41) is 13.9. The average Bonchev–Trinajstić information content (AvgIpc) is 2.74. The molecular formula is C23H26N2O2. The molecule has 1 saturated carbocycles. The Morgan fingerprint density at radius 3 is 2.59 bits per heavy atom. The van der Waals surface area contributed by atoms with Crippen LogP contribution in [0.3, 0.4) is 0 Å².